The minimum atomic E-state index is 0.130. The lowest BCUT2D eigenvalue weighted by atomic mass is 9.62. The average Bonchev–Trinajstić information content (AvgIpc) is 2.38. The maximum atomic E-state index is 9.76. The van der Waals surface area contributed by atoms with Gasteiger partial charge in [-0.25, -0.2) is 0 Å². The summed E-state index contributed by atoms with van der Waals surface area (Å²) in [6, 6.07) is 5.92. The summed E-state index contributed by atoms with van der Waals surface area (Å²) in [5.41, 5.74) is 2.91. The molecule has 2 aliphatic rings. The van der Waals surface area contributed by atoms with E-state index < -0.39 is 0 Å². The monoisotopic (exact) mass is 231 g/mol. The Morgan fingerprint density at radius 1 is 1.29 bits per heavy atom. The highest BCUT2D eigenvalue weighted by Crippen LogP contribution is 2.48. The fraction of sp³-hybridized carbons (Fsp3) is 0.600. The van der Waals surface area contributed by atoms with Gasteiger partial charge in [0.25, 0.3) is 0 Å². The Morgan fingerprint density at radius 3 is 3.00 bits per heavy atom. The molecule has 2 nitrogen and oxygen atoms in total. The molecule has 2 heteroatoms. The smallest absolute Gasteiger partial charge is 0.115 e. The van der Waals surface area contributed by atoms with Gasteiger partial charge in [-0.2, -0.15) is 0 Å². The third kappa shape index (κ3) is 1.58. The molecule has 1 saturated carbocycles. The van der Waals surface area contributed by atoms with Crippen LogP contribution >= 0.6 is 0 Å². The zero-order valence-electron chi connectivity index (χ0n) is 10.5. The first-order valence-electron chi connectivity index (χ1n) is 6.77. The second-order valence-electron chi connectivity index (χ2n) is 5.54. The van der Waals surface area contributed by atoms with Crippen LogP contribution < -0.4 is 5.32 Å². The number of hydrogen-bond donors (Lipinski definition) is 2. The summed E-state index contributed by atoms with van der Waals surface area (Å²) >= 11 is 0. The molecule has 1 aromatic carbocycles. The maximum absolute atomic E-state index is 9.76. The number of phenolic OH excluding ortho intramolecular Hbond substituents is 1. The zero-order valence-corrected chi connectivity index (χ0v) is 10.5. The van der Waals surface area contributed by atoms with Gasteiger partial charge in [-0.05, 0) is 61.9 Å². The molecular formula is C15H21NO. The number of rotatable bonds is 1. The number of nitrogens with one attached hydrogen (secondary N) is 1. The second kappa shape index (κ2) is 4.02. The first-order valence-corrected chi connectivity index (χ1v) is 6.77. The molecule has 0 aromatic heterocycles. The Hall–Kier alpha value is -1.02. The van der Waals surface area contributed by atoms with Crippen LogP contribution in [0.25, 0.3) is 0 Å². The normalized spacial score (nSPS) is 31.7. The van der Waals surface area contributed by atoms with Crippen LogP contribution in [0.3, 0.4) is 0 Å². The van der Waals surface area contributed by atoms with E-state index >= 15 is 0 Å². The number of aryl methyl sites for hydroxylation is 1. The molecule has 17 heavy (non-hydrogen) atoms. The van der Waals surface area contributed by atoms with E-state index in [4.69, 9.17) is 0 Å². The summed E-state index contributed by atoms with van der Waals surface area (Å²) in [4.78, 5) is 0. The predicted octanol–water partition coefficient (Wildman–Crippen LogP) is 2.94. The van der Waals surface area contributed by atoms with Crippen LogP contribution in [-0.4, -0.2) is 12.2 Å². The highest BCUT2D eigenvalue weighted by atomic mass is 16.3. The van der Waals surface area contributed by atoms with Crippen LogP contribution in [0.15, 0.2) is 18.2 Å². The van der Waals surface area contributed by atoms with Crippen LogP contribution in [0, 0.1) is 5.92 Å². The van der Waals surface area contributed by atoms with Gasteiger partial charge >= 0.3 is 0 Å². The molecule has 2 atom stereocenters. The van der Waals surface area contributed by atoms with Gasteiger partial charge in [0.2, 0.25) is 0 Å². The van der Waals surface area contributed by atoms with Crippen molar-refractivity contribution in [3.8, 4) is 5.75 Å². The standard InChI is InChI=1S/C15H21NO/c1-16-15-9-3-2-4-12(15)7-5-11-6-8-13(17)10-14(11)15/h6,8,10,12,16-17H,2-5,7,9H2,1H3/t12-,15+/m0/s1. The van der Waals surface area contributed by atoms with E-state index in [1.54, 1.807) is 0 Å². The minimum Gasteiger partial charge on any atom is -0.508 e. The first-order chi connectivity index (χ1) is 8.26. The van der Waals surface area contributed by atoms with Crippen molar-refractivity contribution in [3.63, 3.8) is 0 Å². The fourth-order valence-electron chi connectivity index (χ4n) is 3.98. The van der Waals surface area contributed by atoms with Crippen molar-refractivity contribution in [1.29, 1.82) is 0 Å². The molecule has 0 heterocycles. The molecule has 2 N–H and O–H groups in total. The molecule has 92 valence electrons. The van der Waals surface area contributed by atoms with Gasteiger partial charge in [0.1, 0.15) is 5.75 Å². The molecule has 3 rings (SSSR count). The van der Waals surface area contributed by atoms with Crippen LogP contribution in [0.4, 0.5) is 0 Å². The molecule has 0 aliphatic heterocycles. The quantitative estimate of drug-likeness (QED) is 0.779. The van der Waals surface area contributed by atoms with E-state index in [0.29, 0.717) is 5.75 Å². The molecule has 2 aliphatic carbocycles. The van der Waals surface area contributed by atoms with E-state index in [1.807, 2.05) is 12.1 Å². The number of benzene rings is 1. The summed E-state index contributed by atoms with van der Waals surface area (Å²) in [5, 5.41) is 13.4. The number of fused-ring (bicyclic) bond motifs is 3. The van der Waals surface area contributed by atoms with Gasteiger partial charge in [0, 0.05) is 5.54 Å². The Balaban J connectivity index is 2.13. The van der Waals surface area contributed by atoms with E-state index in [0.717, 1.165) is 5.92 Å². The van der Waals surface area contributed by atoms with Crippen molar-refractivity contribution in [1.82, 2.24) is 5.32 Å². The van der Waals surface area contributed by atoms with Gasteiger partial charge in [0.15, 0.2) is 0 Å². The Bertz CT molecular complexity index is 429. The Labute approximate surface area is 103 Å². The summed E-state index contributed by atoms with van der Waals surface area (Å²) in [6.45, 7) is 0. The second-order valence-corrected chi connectivity index (χ2v) is 5.54. The summed E-state index contributed by atoms with van der Waals surface area (Å²) in [6.07, 6.45) is 7.66. The lowest BCUT2D eigenvalue weighted by Gasteiger charge is -2.48. The minimum absolute atomic E-state index is 0.130. The van der Waals surface area contributed by atoms with Crippen LogP contribution in [-0.2, 0) is 12.0 Å². The van der Waals surface area contributed by atoms with E-state index in [2.05, 4.69) is 18.4 Å². The Morgan fingerprint density at radius 2 is 2.18 bits per heavy atom. The van der Waals surface area contributed by atoms with Crippen LogP contribution in [0.5, 0.6) is 5.75 Å². The van der Waals surface area contributed by atoms with E-state index in [-0.39, 0.29) is 5.54 Å². The molecule has 0 bridgehead atoms. The van der Waals surface area contributed by atoms with Gasteiger partial charge in [-0.3, -0.25) is 0 Å². The summed E-state index contributed by atoms with van der Waals surface area (Å²) in [5.74, 6) is 1.15. The maximum Gasteiger partial charge on any atom is 0.115 e. The van der Waals surface area contributed by atoms with Crippen molar-refractivity contribution in [2.24, 2.45) is 5.92 Å². The Kier molecular flexibility index (Phi) is 2.62. The van der Waals surface area contributed by atoms with Crippen molar-refractivity contribution in [2.45, 2.75) is 44.1 Å². The molecule has 1 aromatic rings. The topological polar surface area (TPSA) is 32.3 Å². The lowest BCUT2D eigenvalue weighted by Crippen LogP contribution is -2.51. The van der Waals surface area contributed by atoms with E-state index in [1.165, 1.54) is 49.7 Å². The highest BCUT2D eigenvalue weighted by Gasteiger charge is 2.44. The average molecular weight is 231 g/mol. The molecule has 0 unspecified atom stereocenters. The molecule has 1 fully saturated rings. The van der Waals surface area contributed by atoms with Crippen molar-refractivity contribution in [3.05, 3.63) is 29.3 Å². The predicted molar refractivity (Wildman–Crippen MR) is 69.1 cm³/mol. The number of aromatic hydroxyl groups is 1. The van der Waals surface area contributed by atoms with Crippen molar-refractivity contribution in [2.75, 3.05) is 7.05 Å². The fourth-order valence-corrected chi connectivity index (χ4v) is 3.98. The van der Waals surface area contributed by atoms with Crippen LogP contribution in [0.2, 0.25) is 0 Å². The number of phenols is 1. The third-order valence-corrected chi connectivity index (χ3v) is 4.85. The third-order valence-electron chi connectivity index (χ3n) is 4.85. The molecule has 0 spiro atoms. The summed E-state index contributed by atoms with van der Waals surface area (Å²) < 4.78 is 0. The zero-order chi connectivity index (χ0) is 11.9. The highest BCUT2D eigenvalue weighted by molar-refractivity contribution is 5.42. The van der Waals surface area contributed by atoms with Gasteiger partial charge < -0.3 is 10.4 Å². The molecule has 0 radical (unpaired) electrons. The van der Waals surface area contributed by atoms with Gasteiger partial charge in [0.05, 0.1) is 0 Å². The molecule has 0 amide bonds. The van der Waals surface area contributed by atoms with Gasteiger partial charge in [-0.15, -0.1) is 0 Å². The largest absolute Gasteiger partial charge is 0.508 e. The summed E-state index contributed by atoms with van der Waals surface area (Å²) in [7, 11) is 2.08. The molecular weight excluding hydrogens is 210 g/mol. The molecule has 0 saturated heterocycles. The van der Waals surface area contributed by atoms with Crippen molar-refractivity contribution < 1.29 is 5.11 Å². The lowest BCUT2D eigenvalue weighted by molar-refractivity contribution is 0.129. The van der Waals surface area contributed by atoms with E-state index in [9.17, 15) is 5.11 Å². The SMILES string of the molecule is CN[C@]12CCCC[C@H]1CCc1ccc(O)cc12. The van der Waals surface area contributed by atoms with Crippen LogP contribution in [0.1, 0.15) is 43.2 Å². The van der Waals surface area contributed by atoms with Crippen molar-refractivity contribution >= 4 is 0 Å². The first kappa shape index (κ1) is 11.1. The number of hydrogen-bond acceptors (Lipinski definition) is 2. The van der Waals surface area contributed by atoms with Gasteiger partial charge in [-0.1, -0.05) is 18.9 Å².